The van der Waals surface area contributed by atoms with Crippen molar-refractivity contribution in [1.29, 1.82) is 0 Å². The zero-order valence-corrected chi connectivity index (χ0v) is 38.4. The molecule has 3 aromatic carbocycles. The number of aromatic amines is 1. The minimum atomic E-state index is -0.912. The number of ketones is 2. The molecule has 4 aliphatic rings. The lowest BCUT2D eigenvalue weighted by molar-refractivity contribution is -0.137. The molecule has 2 fully saturated rings. The van der Waals surface area contributed by atoms with Gasteiger partial charge in [0.2, 0.25) is 11.8 Å². The van der Waals surface area contributed by atoms with Gasteiger partial charge < -0.3 is 42.2 Å². The van der Waals surface area contributed by atoms with Crippen LogP contribution in [0.15, 0.2) is 96.7 Å². The van der Waals surface area contributed by atoms with E-state index in [1.165, 1.54) is 12.2 Å². The van der Waals surface area contributed by atoms with E-state index in [1.807, 2.05) is 38.1 Å². The number of fused-ring (bicyclic) bond motifs is 2. The molecule has 358 valence electrons. The van der Waals surface area contributed by atoms with Crippen LogP contribution < -0.4 is 32.3 Å². The zero-order valence-electron chi connectivity index (χ0n) is 38.4. The van der Waals surface area contributed by atoms with Crippen LogP contribution in [0.3, 0.4) is 0 Å². The highest BCUT2D eigenvalue weighted by atomic mass is 16.2. The summed E-state index contributed by atoms with van der Waals surface area (Å²) in [7, 11) is 0. The lowest BCUT2D eigenvalue weighted by Gasteiger charge is -2.29. The van der Waals surface area contributed by atoms with Gasteiger partial charge in [-0.3, -0.25) is 43.3 Å². The number of carbonyl (C=O) groups is 9. The second kappa shape index (κ2) is 20.2. The van der Waals surface area contributed by atoms with Crippen molar-refractivity contribution in [2.45, 2.75) is 69.9 Å². The van der Waals surface area contributed by atoms with Gasteiger partial charge in [0, 0.05) is 103 Å². The molecule has 8 rings (SSSR count). The quantitative estimate of drug-likeness (QED) is 0.0473. The Labute approximate surface area is 397 Å². The Bertz CT molecular complexity index is 2790. The minimum Gasteiger partial charge on any atom is -0.355 e. The van der Waals surface area contributed by atoms with Gasteiger partial charge in [0.05, 0.1) is 12.1 Å². The van der Waals surface area contributed by atoms with E-state index in [0.29, 0.717) is 58.4 Å². The SMILES string of the molecule is CC(C)[C@H](NCCNC(=O)CCCN1C(=O)C=CC1=O)C(=O)N[C@@H](CCCNC(N)=O)C(=O)Cc1ccc(C(=O)Nc2ccc3[nH]c(C(=O)N4C[C@H]5CC56C4=CC(=O)c4ccccc46)cc3c2)cc1. The fourth-order valence-corrected chi connectivity index (χ4v) is 9.64. The van der Waals surface area contributed by atoms with Crippen LogP contribution in [0, 0.1) is 11.8 Å². The van der Waals surface area contributed by atoms with Crippen molar-refractivity contribution in [2.75, 3.05) is 38.0 Å². The summed E-state index contributed by atoms with van der Waals surface area (Å²) in [4.78, 5) is 121. The van der Waals surface area contributed by atoms with Gasteiger partial charge in [-0.05, 0) is 85.0 Å². The summed E-state index contributed by atoms with van der Waals surface area (Å²) in [5, 5.41) is 14.9. The lowest BCUT2D eigenvalue weighted by Crippen LogP contribution is -2.53. The van der Waals surface area contributed by atoms with E-state index < -0.39 is 35.8 Å². The van der Waals surface area contributed by atoms with Crippen LogP contribution in [0.4, 0.5) is 10.5 Å². The number of nitrogens with zero attached hydrogens (tertiary/aromatic N) is 2. The number of imide groups is 1. The molecule has 8 amide bonds. The van der Waals surface area contributed by atoms with E-state index in [4.69, 9.17) is 5.73 Å². The van der Waals surface area contributed by atoms with Gasteiger partial charge >= 0.3 is 6.03 Å². The van der Waals surface area contributed by atoms with Crippen molar-refractivity contribution in [3.05, 3.63) is 125 Å². The number of rotatable bonds is 21. The van der Waals surface area contributed by atoms with E-state index in [0.717, 1.165) is 22.6 Å². The third-order valence-corrected chi connectivity index (χ3v) is 13.3. The normalized spacial score (nSPS) is 18.6. The van der Waals surface area contributed by atoms with Gasteiger partial charge in [-0.25, -0.2) is 4.79 Å². The number of hydrogen-bond acceptors (Lipinski definition) is 10. The standard InChI is InChI=1S/C51H55N9O9/c1-29(2)46(54-21-20-53-43(63)10-6-22-59-44(64)17-18-45(59)65)48(67)58-38(9-5-19-55-50(52)69)41(62)23-30-11-13-31(14-12-30)47(66)56-34-15-16-37-32(24-34)25-39(57-37)49(68)60-28-33-27-51(33)36-8-4-3-7-35(36)40(61)26-42(51)60/h3-4,7-8,11-18,24-26,29,33,38,46,54,57H,5-6,9-10,19-23,27-28H2,1-2H3,(H,53,63)(H,56,66)(H,58,67)(H3,52,55,69)/t33-,38+,46+,51?/m1/s1. The minimum absolute atomic E-state index is 0.0519. The van der Waals surface area contributed by atoms with E-state index in [1.54, 1.807) is 59.5 Å². The molecule has 0 radical (unpaired) electrons. The summed E-state index contributed by atoms with van der Waals surface area (Å²) < 4.78 is 0. The molecule has 1 saturated carbocycles. The summed E-state index contributed by atoms with van der Waals surface area (Å²) in [5.74, 6) is -2.41. The Kier molecular flexibility index (Phi) is 14.0. The van der Waals surface area contributed by atoms with Crippen molar-refractivity contribution in [2.24, 2.45) is 17.6 Å². The highest BCUT2D eigenvalue weighted by molar-refractivity contribution is 6.13. The van der Waals surface area contributed by atoms with E-state index >= 15 is 0 Å². The maximum atomic E-state index is 13.9. The number of nitrogens with one attached hydrogen (secondary N) is 6. The number of primary amides is 1. The second-order valence-corrected chi connectivity index (χ2v) is 18.3. The molecule has 18 heteroatoms. The number of piperidine rings is 1. The summed E-state index contributed by atoms with van der Waals surface area (Å²) in [6, 6.07) is 18.9. The number of amides is 8. The molecule has 18 nitrogen and oxygen atoms in total. The number of Topliss-reactive ketones (excluding diaryl/α,β-unsaturated/α-hetero) is 1. The molecule has 4 aromatic rings. The number of H-pyrrole nitrogens is 1. The average molecular weight is 938 g/mol. The fourth-order valence-electron chi connectivity index (χ4n) is 9.64. The Morgan fingerprint density at radius 3 is 2.36 bits per heavy atom. The number of urea groups is 1. The number of carbonyl (C=O) groups excluding carboxylic acids is 9. The first-order valence-corrected chi connectivity index (χ1v) is 23.2. The molecule has 0 bridgehead atoms. The van der Waals surface area contributed by atoms with Gasteiger partial charge in [-0.15, -0.1) is 0 Å². The number of hydrogen-bond donors (Lipinski definition) is 7. The van der Waals surface area contributed by atoms with Crippen LogP contribution in [0.5, 0.6) is 0 Å². The Hall–Kier alpha value is -7.73. The van der Waals surface area contributed by atoms with Crippen LogP contribution >= 0.6 is 0 Å². The number of nitrogens with two attached hydrogens (primary N) is 1. The van der Waals surface area contributed by atoms with Crippen LogP contribution in [-0.2, 0) is 35.8 Å². The number of benzene rings is 3. The summed E-state index contributed by atoms with van der Waals surface area (Å²) in [5.41, 5.74) is 9.92. The molecule has 1 unspecified atom stereocenters. The first kappa shape index (κ1) is 47.8. The average Bonchev–Trinajstić information content (AvgIpc) is 3.52. The monoisotopic (exact) mass is 937 g/mol. The van der Waals surface area contributed by atoms with Crippen LogP contribution in [-0.4, -0.2) is 113 Å². The molecule has 8 N–H and O–H groups in total. The number of allylic oxidation sites excluding steroid dienone is 2. The molecular weight excluding hydrogens is 883 g/mol. The Morgan fingerprint density at radius 2 is 1.62 bits per heavy atom. The molecule has 2 aliphatic carbocycles. The summed E-state index contributed by atoms with van der Waals surface area (Å²) in [6.07, 6.45) is 5.84. The molecule has 3 heterocycles. The lowest BCUT2D eigenvalue weighted by atomic mass is 9.81. The van der Waals surface area contributed by atoms with Gasteiger partial charge in [0.1, 0.15) is 5.69 Å². The molecule has 1 aromatic heterocycles. The van der Waals surface area contributed by atoms with Crippen molar-refractivity contribution in [3.63, 3.8) is 0 Å². The topological polar surface area (TPSA) is 262 Å². The summed E-state index contributed by atoms with van der Waals surface area (Å²) in [6.45, 7) is 5.01. The molecule has 69 heavy (non-hydrogen) atoms. The van der Waals surface area contributed by atoms with Gasteiger partial charge in [-0.2, -0.15) is 0 Å². The van der Waals surface area contributed by atoms with Crippen molar-refractivity contribution >= 4 is 69.6 Å². The second-order valence-electron chi connectivity index (χ2n) is 18.3. The van der Waals surface area contributed by atoms with Gasteiger partial charge in [-0.1, -0.05) is 50.2 Å². The maximum Gasteiger partial charge on any atom is 0.312 e. The Balaban J connectivity index is 0.835. The number of aromatic nitrogens is 1. The van der Waals surface area contributed by atoms with Crippen LogP contribution in [0.1, 0.15) is 88.3 Å². The third kappa shape index (κ3) is 10.4. The fraction of sp³-hybridized carbons (Fsp3) is 0.353. The van der Waals surface area contributed by atoms with E-state index in [-0.39, 0.29) is 92.0 Å². The number of anilines is 1. The smallest absolute Gasteiger partial charge is 0.312 e. The molecular formula is C51H55N9O9. The van der Waals surface area contributed by atoms with Gasteiger partial charge in [0.15, 0.2) is 11.6 Å². The molecule has 2 aliphatic heterocycles. The van der Waals surface area contributed by atoms with Crippen molar-refractivity contribution < 1.29 is 43.2 Å². The molecule has 1 saturated heterocycles. The first-order chi connectivity index (χ1) is 33.1. The Morgan fingerprint density at radius 1 is 0.870 bits per heavy atom. The van der Waals surface area contributed by atoms with E-state index in [9.17, 15) is 43.2 Å². The number of likely N-dealkylation sites (tertiary alicyclic amines) is 1. The third-order valence-electron chi connectivity index (χ3n) is 13.3. The van der Waals surface area contributed by atoms with Crippen molar-refractivity contribution in [1.82, 2.24) is 36.1 Å². The first-order valence-electron chi connectivity index (χ1n) is 23.2. The molecule has 1 spiro atoms. The predicted octanol–water partition coefficient (Wildman–Crippen LogP) is 3.39. The van der Waals surface area contributed by atoms with Crippen LogP contribution in [0.25, 0.3) is 10.9 Å². The highest BCUT2D eigenvalue weighted by Crippen LogP contribution is 2.66. The zero-order chi connectivity index (χ0) is 49.0. The highest BCUT2D eigenvalue weighted by Gasteiger charge is 2.67. The predicted molar refractivity (Wildman–Crippen MR) is 255 cm³/mol. The van der Waals surface area contributed by atoms with Gasteiger partial charge in [0.25, 0.3) is 23.6 Å². The van der Waals surface area contributed by atoms with E-state index in [2.05, 4.69) is 31.6 Å². The summed E-state index contributed by atoms with van der Waals surface area (Å²) >= 11 is 0. The maximum absolute atomic E-state index is 13.9. The molecule has 4 atom stereocenters. The largest absolute Gasteiger partial charge is 0.355 e. The van der Waals surface area contributed by atoms with Crippen LogP contribution in [0.2, 0.25) is 0 Å². The van der Waals surface area contributed by atoms with Crippen molar-refractivity contribution in [3.8, 4) is 0 Å².